The van der Waals surface area contributed by atoms with Gasteiger partial charge >= 0.3 is 0 Å². The molecule has 0 atom stereocenters. The molecule has 24 heavy (non-hydrogen) atoms. The summed E-state index contributed by atoms with van der Waals surface area (Å²) in [4.78, 5) is 18.1. The number of aromatic nitrogens is 1. The van der Waals surface area contributed by atoms with Gasteiger partial charge in [-0.1, -0.05) is 0 Å². The highest BCUT2D eigenvalue weighted by Crippen LogP contribution is 2.31. The summed E-state index contributed by atoms with van der Waals surface area (Å²) in [6, 6.07) is 10.2. The Morgan fingerprint density at radius 1 is 1.12 bits per heavy atom. The Kier molecular flexibility index (Phi) is 4.15. The predicted molar refractivity (Wildman–Crippen MR) is 91.8 cm³/mol. The molecule has 0 unspecified atom stereocenters. The zero-order chi connectivity index (χ0) is 17.1. The third-order valence-electron chi connectivity index (χ3n) is 3.64. The van der Waals surface area contributed by atoms with Gasteiger partial charge in [0.15, 0.2) is 0 Å². The van der Waals surface area contributed by atoms with Crippen LogP contribution < -0.4 is 9.47 Å². The third kappa shape index (κ3) is 2.91. The first-order chi connectivity index (χ1) is 11.6. The van der Waals surface area contributed by atoms with Crippen LogP contribution in [0.15, 0.2) is 47.6 Å². The van der Waals surface area contributed by atoms with Gasteiger partial charge in [0, 0.05) is 28.9 Å². The van der Waals surface area contributed by atoms with Gasteiger partial charge in [-0.15, -0.1) is 0 Å². The molecule has 7 heteroatoms. The first kappa shape index (κ1) is 15.5. The molecule has 0 spiro atoms. The topological polar surface area (TPSA) is 89.8 Å². The summed E-state index contributed by atoms with van der Waals surface area (Å²) in [5.41, 5.74) is 1.90. The second-order valence-electron chi connectivity index (χ2n) is 5.03. The van der Waals surface area contributed by atoms with E-state index in [4.69, 9.17) is 9.47 Å². The molecule has 1 N–H and O–H groups in total. The Morgan fingerprint density at radius 2 is 1.83 bits per heavy atom. The first-order valence-electron chi connectivity index (χ1n) is 7.14. The number of hydrogen-bond acceptors (Lipinski definition) is 5. The molecule has 0 aliphatic heterocycles. The van der Waals surface area contributed by atoms with E-state index >= 15 is 0 Å². The number of aromatic amines is 1. The van der Waals surface area contributed by atoms with E-state index < -0.39 is 4.92 Å². The Labute approximate surface area is 137 Å². The van der Waals surface area contributed by atoms with Crippen LogP contribution in [0.2, 0.25) is 0 Å². The molecular weight excluding hydrogens is 310 g/mol. The normalized spacial score (nSPS) is 11.1. The van der Waals surface area contributed by atoms with E-state index in [-0.39, 0.29) is 11.4 Å². The molecule has 0 aliphatic rings. The van der Waals surface area contributed by atoms with Crippen LogP contribution in [0.5, 0.6) is 11.5 Å². The minimum atomic E-state index is -0.479. The lowest BCUT2D eigenvalue weighted by Crippen LogP contribution is -1.91. The number of hydrogen-bond donors (Lipinski definition) is 1. The molecule has 3 rings (SSSR count). The number of ether oxygens (including phenoxy) is 2. The zero-order valence-corrected chi connectivity index (χ0v) is 13.1. The number of nitro benzene ring substituents is 1. The molecular formula is C17H15N3O4. The van der Waals surface area contributed by atoms with Crippen molar-refractivity contribution in [3.63, 3.8) is 0 Å². The SMILES string of the molecule is COc1ccc(N=Cc2c[nH]c3ccc(OC)cc23)c([N+](=O)[O-])c1. The molecule has 7 nitrogen and oxygen atoms in total. The van der Waals surface area contributed by atoms with Crippen molar-refractivity contribution in [2.24, 2.45) is 4.99 Å². The van der Waals surface area contributed by atoms with Crippen LogP contribution in [-0.4, -0.2) is 30.3 Å². The number of benzene rings is 2. The van der Waals surface area contributed by atoms with Crippen molar-refractivity contribution >= 4 is 28.5 Å². The average molecular weight is 325 g/mol. The van der Waals surface area contributed by atoms with Gasteiger partial charge in [-0.25, -0.2) is 4.99 Å². The number of fused-ring (bicyclic) bond motifs is 1. The summed E-state index contributed by atoms with van der Waals surface area (Å²) in [6.45, 7) is 0. The lowest BCUT2D eigenvalue weighted by molar-refractivity contribution is -0.384. The summed E-state index contributed by atoms with van der Waals surface area (Å²) in [5, 5.41) is 12.1. The van der Waals surface area contributed by atoms with Crippen molar-refractivity contribution in [3.05, 3.63) is 58.3 Å². The zero-order valence-electron chi connectivity index (χ0n) is 13.1. The maximum Gasteiger partial charge on any atom is 0.298 e. The number of nitrogens with one attached hydrogen (secondary N) is 1. The van der Waals surface area contributed by atoms with Crippen LogP contribution in [0.25, 0.3) is 10.9 Å². The van der Waals surface area contributed by atoms with Gasteiger partial charge in [-0.05, 0) is 30.3 Å². The Morgan fingerprint density at radius 3 is 2.54 bits per heavy atom. The fraction of sp³-hybridized carbons (Fsp3) is 0.118. The molecule has 1 heterocycles. The van der Waals surface area contributed by atoms with Gasteiger partial charge in [-0.3, -0.25) is 10.1 Å². The van der Waals surface area contributed by atoms with Crippen molar-refractivity contribution in [3.8, 4) is 11.5 Å². The van der Waals surface area contributed by atoms with E-state index in [0.29, 0.717) is 5.75 Å². The average Bonchev–Trinajstić information content (AvgIpc) is 3.01. The summed E-state index contributed by atoms with van der Waals surface area (Å²) in [6.07, 6.45) is 3.38. The van der Waals surface area contributed by atoms with Crippen molar-refractivity contribution < 1.29 is 14.4 Å². The number of nitrogens with zero attached hydrogens (tertiary/aromatic N) is 2. The number of aliphatic imine (C=N–C) groups is 1. The maximum absolute atomic E-state index is 11.2. The van der Waals surface area contributed by atoms with E-state index in [0.717, 1.165) is 22.2 Å². The first-order valence-corrected chi connectivity index (χ1v) is 7.14. The molecule has 2 aromatic carbocycles. The molecule has 0 amide bonds. The summed E-state index contributed by atoms with van der Waals surface area (Å²) in [5.74, 6) is 1.14. The van der Waals surface area contributed by atoms with Crippen LogP contribution in [0.1, 0.15) is 5.56 Å². The molecule has 1 aromatic heterocycles. The largest absolute Gasteiger partial charge is 0.497 e. The minimum Gasteiger partial charge on any atom is -0.497 e. The van der Waals surface area contributed by atoms with Crippen molar-refractivity contribution in [2.75, 3.05) is 14.2 Å². The van der Waals surface area contributed by atoms with Gasteiger partial charge in [0.25, 0.3) is 5.69 Å². The fourth-order valence-electron chi connectivity index (χ4n) is 2.38. The smallest absolute Gasteiger partial charge is 0.298 e. The summed E-state index contributed by atoms with van der Waals surface area (Å²) in [7, 11) is 3.06. The van der Waals surface area contributed by atoms with Crippen LogP contribution in [-0.2, 0) is 0 Å². The van der Waals surface area contributed by atoms with Gasteiger partial charge in [0.2, 0.25) is 0 Å². The molecule has 0 bridgehead atoms. The fourth-order valence-corrected chi connectivity index (χ4v) is 2.38. The molecule has 0 saturated heterocycles. The van der Waals surface area contributed by atoms with Crippen molar-refractivity contribution in [1.29, 1.82) is 0 Å². The van der Waals surface area contributed by atoms with E-state index in [9.17, 15) is 10.1 Å². The van der Waals surface area contributed by atoms with Crippen LogP contribution in [0, 0.1) is 10.1 Å². The van der Waals surface area contributed by atoms with Crippen molar-refractivity contribution in [2.45, 2.75) is 0 Å². The van der Waals surface area contributed by atoms with Gasteiger partial charge in [-0.2, -0.15) is 0 Å². The molecule has 0 radical (unpaired) electrons. The predicted octanol–water partition coefficient (Wildman–Crippen LogP) is 3.84. The lowest BCUT2D eigenvalue weighted by atomic mass is 10.2. The van der Waals surface area contributed by atoms with Crippen molar-refractivity contribution in [1.82, 2.24) is 4.98 Å². The van der Waals surface area contributed by atoms with Crippen LogP contribution in [0.3, 0.4) is 0 Å². The van der Waals surface area contributed by atoms with E-state index in [1.165, 1.54) is 13.2 Å². The maximum atomic E-state index is 11.2. The number of rotatable bonds is 5. The number of H-pyrrole nitrogens is 1. The standard InChI is InChI=1S/C17H15N3O4/c1-23-12-3-5-15-14(7-12)11(9-18-15)10-19-16-6-4-13(24-2)8-17(16)20(21)22/h3-10,18H,1-2H3. The molecule has 0 saturated carbocycles. The second-order valence-corrected chi connectivity index (χ2v) is 5.03. The van der Waals surface area contributed by atoms with Crippen LogP contribution >= 0.6 is 0 Å². The number of nitro groups is 1. The number of methoxy groups -OCH3 is 2. The molecule has 0 fully saturated rings. The van der Waals surface area contributed by atoms with Gasteiger partial charge in [0.05, 0.1) is 25.2 Å². The van der Waals surface area contributed by atoms with Gasteiger partial charge < -0.3 is 14.5 Å². The van der Waals surface area contributed by atoms with E-state index in [1.54, 1.807) is 31.7 Å². The van der Waals surface area contributed by atoms with E-state index in [1.807, 2.05) is 18.2 Å². The summed E-state index contributed by atoms with van der Waals surface area (Å²) < 4.78 is 10.2. The van der Waals surface area contributed by atoms with Gasteiger partial charge in [0.1, 0.15) is 17.2 Å². The Hall–Kier alpha value is -3.35. The third-order valence-corrected chi connectivity index (χ3v) is 3.64. The van der Waals surface area contributed by atoms with Crippen LogP contribution in [0.4, 0.5) is 11.4 Å². The van der Waals surface area contributed by atoms with E-state index in [2.05, 4.69) is 9.98 Å². The minimum absolute atomic E-state index is 0.108. The summed E-state index contributed by atoms with van der Waals surface area (Å²) >= 11 is 0. The highest BCUT2D eigenvalue weighted by atomic mass is 16.6. The monoisotopic (exact) mass is 325 g/mol. The quantitative estimate of drug-likeness (QED) is 0.438. The highest BCUT2D eigenvalue weighted by molar-refractivity contribution is 6.00. The Balaban J connectivity index is 2.01. The highest BCUT2D eigenvalue weighted by Gasteiger charge is 2.14. The second kappa shape index (κ2) is 6.41. The lowest BCUT2D eigenvalue weighted by Gasteiger charge is -2.02. The molecule has 0 aliphatic carbocycles. The Bertz CT molecular complexity index is 931. The molecule has 3 aromatic rings. The molecule has 122 valence electrons.